The van der Waals surface area contributed by atoms with Gasteiger partial charge in [0.1, 0.15) is 22.8 Å². The van der Waals surface area contributed by atoms with E-state index in [-0.39, 0.29) is 23.0 Å². The van der Waals surface area contributed by atoms with Crippen molar-refractivity contribution in [2.75, 3.05) is 20.2 Å². The summed E-state index contributed by atoms with van der Waals surface area (Å²) in [6.07, 6.45) is 8.06. The maximum absolute atomic E-state index is 7.36. The molecule has 2 bridgehead atoms. The number of pyridine rings is 1. The van der Waals surface area contributed by atoms with Crippen molar-refractivity contribution in [1.82, 2.24) is 19.9 Å². The van der Waals surface area contributed by atoms with E-state index in [2.05, 4.69) is 65.5 Å². The van der Waals surface area contributed by atoms with Gasteiger partial charge in [-0.3, -0.25) is 9.88 Å². The Hall–Kier alpha value is -2.44. The molecule has 0 N–H and O–H groups in total. The Morgan fingerprint density at radius 3 is 2.38 bits per heavy atom. The molecule has 0 aliphatic carbocycles. The van der Waals surface area contributed by atoms with E-state index in [0.717, 1.165) is 72.5 Å². The second kappa shape index (κ2) is 12.3. The number of aromatic nitrogens is 3. The first kappa shape index (κ1) is 31.0. The monoisotopic (exact) mass is 592 g/mol. The molecule has 5 heterocycles. The van der Waals surface area contributed by atoms with E-state index in [1.165, 1.54) is 12.8 Å². The summed E-state index contributed by atoms with van der Waals surface area (Å²) in [4.78, 5) is 17.5. The number of methoxy groups -OCH3 is 1. The molecule has 2 aromatic heterocycles. The van der Waals surface area contributed by atoms with Gasteiger partial charge in [-0.05, 0) is 74.8 Å². The van der Waals surface area contributed by atoms with Crippen LogP contribution in [0.3, 0.4) is 0 Å². The van der Waals surface area contributed by atoms with E-state index in [4.69, 9.17) is 36.0 Å². The number of nitrogens with zero attached hydrogens (tertiary/aromatic N) is 4. The zero-order valence-corrected chi connectivity index (χ0v) is 27.6. The van der Waals surface area contributed by atoms with Gasteiger partial charge in [-0.15, -0.1) is 0 Å². The van der Waals surface area contributed by atoms with Crippen molar-refractivity contribution in [2.24, 2.45) is 11.8 Å². The molecule has 5 atom stereocenters. The Morgan fingerprint density at radius 2 is 1.79 bits per heavy atom. The van der Waals surface area contributed by atoms with Gasteiger partial charge in [0, 0.05) is 34.5 Å². The van der Waals surface area contributed by atoms with Crippen LogP contribution in [0.1, 0.15) is 110 Å². The van der Waals surface area contributed by atoms with E-state index in [1.54, 1.807) is 7.11 Å². The highest BCUT2D eigenvalue weighted by Crippen LogP contribution is 2.48. The zero-order chi connectivity index (χ0) is 30.2. The van der Waals surface area contributed by atoms with Crippen molar-refractivity contribution in [2.45, 2.75) is 110 Å². The minimum absolute atomic E-state index is 0.171. The number of benzene rings is 1. The van der Waals surface area contributed by atoms with Gasteiger partial charge in [0.15, 0.2) is 0 Å². The summed E-state index contributed by atoms with van der Waals surface area (Å²) in [5.41, 5.74) is 2.56. The van der Waals surface area contributed by atoms with Crippen LogP contribution in [0.4, 0.5) is 0 Å². The summed E-state index contributed by atoms with van der Waals surface area (Å²) >= 11 is 7.14. The van der Waals surface area contributed by atoms with Crippen molar-refractivity contribution in [3.8, 4) is 11.6 Å². The Labute approximate surface area is 257 Å². The van der Waals surface area contributed by atoms with Gasteiger partial charge in [-0.25, -0.2) is 4.98 Å². The summed E-state index contributed by atoms with van der Waals surface area (Å²) in [5, 5.41) is 1.58. The standard InChI is InChI=1S/C35H49ClN4O2/c1-9-22-21-40-18-16-23(22)19-28(40)30(25-15-17-37-27-14-13-24(41-8)20-26(25)27)42-32-29(35(10-2,11-3)12-4)31(36)38-33(39-32)34(5,6)7/h13-15,17,20,22-23,28,30H,9-12,16,18-19,21H2,1-8H3/t22-,23-,28+,30-/m0/s1. The van der Waals surface area contributed by atoms with Gasteiger partial charge in [0.05, 0.1) is 24.2 Å². The van der Waals surface area contributed by atoms with Crippen molar-refractivity contribution in [1.29, 1.82) is 0 Å². The number of piperidine rings is 3. The van der Waals surface area contributed by atoms with Crippen LogP contribution in [-0.4, -0.2) is 46.1 Å². The molecule has 228 valence electrons. The van der Waals surface area contributed by atoms with Gasteiger partial charge in [0.2, 0.25) is 5.88 Å². The number of halogens is 1. The topological polar surface area (TPSA) is 60.4 Å². The largest absolute Gasteiger partial charge is 0.497 e. The molecule has 42 heavy (non-hydrogen) atoms. The lowest BCUT2D eigenvalue weighted by atomic mass is 9.72. The highest BCUT2D eigenvalue weighted by atomic mass is 35.5. The fourth-order valence-corrected chi connectivity index (χ4v) is 7.87. The average Bonchev–Trinajstić information content (AvgIpc) is 3.00. The van der Waals surface area contributed by atoms with Gasteiger partial charge in [-0.2, -0.15) is 4.98 Å². The van der Waals surface area contributed by atoms with Gasteiger partial charge in [-0.1, -0.05) is 66.5 Å². The smallest absolute Gasteiger partial charge is 0.222 e. The number of hydrogen-bond donors (Lipinski definition) is 0. The average molecular weight is 593 g/mol. The van der Waals surface area contributed by atoms with Crippen LogP contribution in [0.5, 0.6) is 11.6 Å². The van der Waals surface area contributed by atoms with Gasteiger partial charge >= 0.3 is 0 Å². The highest BCUT2D eigenvalue weighted by Gasteiger charge is 2.45. The fourth-order valence-electron chi connectivity index (χ4n) is 7.51. The fraction of sp³-hybridized carbons (Fsp3) is 0.629. The third kappa shape index (κ3) is 5.61. The normalized spacial score (nSPS) is 23.3. The molecule has 1 aromatic carbocycles. The van der Waals surface area contributed by atoms with Crippen LogP contribution in [0, 0.1) is 11.8 Å². The number of ether oxygens (including phenoxy) is 2. The van der Waals surface area contributed by atoms with Crippen molar-refractivity contribution < 1.29 is 9.47 Å². The third-order valence-electron chi connectivity index (χ3n) is 10.4. The van der Waals surface area contributed by atoms with Crippen LogP contribution in [0.15, 0.2) is 30.5 Å². The zero-order valence-electron chi connectivity index (χ0n) is 26.8. The van der Waals surface area contributed by atoms with E-state index < -0.39 is 0 Å². The lowest BCUT2D eigenvalue weighted by Crippen LogP contribution is -2.56. The maximum atomic E-state index is 7.36. The first-order valence-corrected chi connectivity index (χ1v) is 16.4. The molecule has 3 aliphatic rings. The first-order chi connectivity index (χ1) is 20.1. The molecule has 6 rings (SSSR count). The van der Waals surface area contributed by atoms with Gasteiger partial charge < -0.3 is 9.47 Å². The highest BCUT2D eigenvalue weighted by molar-refractivity contribution is 6.30. The molecule has 0 spiro atoms. The second-order valence-corrected chi connectivity index (χ2v) is 13.8. The van der Waals surface area contributed by atoms with Crippen LogP contribution in [-0.2, 0) is 10.8 Å². The second-order valence-electron chi connectivity index (χ2n) is 13.4. The first-order valence-electron chi connectivity index (χ1n) is 16.0. The van der Waals surface area contributed by atoms with E-state index in [1.807, 2.05) is 18.3 Å². The summed E-state index contributed by atoms with van der Waals surface area (Å²) in [7, 11) is 1.71. The lowest BCUT2D eigenvalue weighted by molar-refractivity contribution is -0.0499. The predicted molar refractivity (Wildman–Crippen MR) is 172 cm³/mol. The Morgan fingerprint density at radius 1 is 1.05 bits per heavy atom. The molecule has 3 saturated heterocycles. The number of fused-ring (bicyclic) bond motifs is 4. The summed E-state index contributed by atoms with van der Waals surface area (Å²) in [5.74, 6) is 3.61. The van der Waals surface area contributed by atoms with Crippen LogP contribution < -0.4 is 9.47 Å². The molecular formula is C35H49ClN4O2. The molecule has 0 saturated carbocycles. The molecule has 3 fully saturated rings. The predicted octanol–water partition coefficient (Wildman–Crippen LogP) is 8.69. The minimum Gasteiger partial charge on any atom is -0.497 e. The van der Waals surface area contributed by atoms with Crippen LogP contribution >= 0.6 is 11.6 Å². The SMILES string of the molecule is CC[C@H]1CN2CC[C@H]1C[C@@H]2[C@@H](Oc1nc(C(C)(C)C)nc(Cl)c1C(CC)(CC)CC)c1ccnc2ccc(OC)cc12. The molecule has 1 unspecified atom stereocenters. The summed E-state index contributed by atoms with van der Waals surface area (Å²) < 4.78 is 13.0. The third-order valence-corrected chi connectivity index (χ3v) is 10.7. The molecule has 3 aromatic rings. The minimum atomic E-state index is -0.276. The molecule has 3 aliphatic heterocycles. The lowest BCUT2D eigenvalue weighted by Gasteiger charge is -2.52. The van der Waals surface area contributed by atoms with Crippen LogP contribution in [0.25, 0.3) is 10.9 Å². The van der Waals surface area contributed by atoms with E-state index in [9.17, 15) is 0 Å². The Bertz CT molecular complexity index is 1390. The van der Waals surface area contributed by atoms with Gasteiger partial charge in [0.25, 0.3) is 0 Å². The van der Waals surface area contributed by atoms with Crippen LogP contribution in [0.2, 0.25) is 5.15 Å². The quantitative estimate of drug-likeness (QED) is 0.219. The Kier molecular flexibility index (Phi) is 9.06. The van der Waals surface area contributed by atoms with Crippen molar-refractivity contribution >= 4 is 22.5 Å². The Balaban J connectivity index is 1.73. The molecule has 0 radical (unpaired) electrons. The molecule has 6 nitrogen and oxygen atoms in total. The molecule has 7 heteroatoms. The van der Waals surface area contributed by atoms with E-state index in [0.29, 0.717) is 22.8 Å². The summed E-state index contributed by atoms with van der Waals surface area (Å²) in [6.45, 7) is 17.7. The maximum Gasteiger partial charge on any atom is 0.222 e. The molecule has 0 amide bonds. The molecular weight excluding hydrogens is 544 g/mol. The summed E-state index contributed by atoms with van der Waals surface area (Å²) in [6, 6.07) is 8.47. The number of rotatable bonds is 10. The van der Waals surface area contributed by atoms with Crippen molar-refractivity contribution in [3.63, 3.8) is 0 Å². The van der Waals surface area contributed by atoms with E-state index >= 15 is 0 Å². The number of hydrogen-bond acceptors (Lipinski definition) is 6. The van der Waals surface area contributed by atoms with Crippen molar-refractivity contribution in [3.05, 3.63) is 52.6 Å².